The standard InChI is InChI=1S/C18H29NO4SSi/c1-7-25(8-2,9-3)23-15-14(13-11-10-12-24-13)19(16(15)20)17(21)22-18(4,5)6/h10-12,14-15H,7-9H2,1-6H3/t14-,15+/m1/s1. The van der Waals surface area contributed by atoms with Gasteiger partial charge in [-0.25, -0.2) is 9.69 Å². The largest absolute Gasteiger partial charge is 0.443 e. The number of nitrogens with zero attached hydrogens (tertiary/aromatic N) is 1. The number of hydrogen-bond donors (Lipinski definition) is 0. The zero-order chi connectivity index (χ0) is 18.8. The first-order chi connectivity index (χ1) is 11.7. The van der Waals surface area contributed by atoms with E-state index in [1.165, 1.54) is 16.2 Å². The van der Waals surface area contributed by atoms with Crippen molar-refractivity contribution in [3.05, 3.63) is 22.4 Å². The highest BCUT2D eigenvalue weighted by atomic mass is 32.1. The molecule has 0 aliphatic carbocycles. The van der Waals surface area contributed by atoms with E-state index in [0.29, 0.717) is 0 Å². The van der Waals surface area contributed by atoms with E-state index in [1.807, 2.05) is 17.5 Å². The van der Waals surface area contributed by atoms with Crippen molar-refractivity contribution in [3.63, 3.8) is 0 Å². The van der Waals surface area contributed by atoms with E-state index in [0.717, 1.165) is 23.0 Å². The summed E-state index contributed by atoms with van der Waals surface area (Å²) in [6, 6.07) is 6.40. The predicted octanol–water partition coefficient (Wildman–Crippen LogP) is 4.96. The first-order valence-corrected chi connectivity index (χ1v) is 12.4. The molecule has 0 unspecified atom stereocenters. The van der Waals surface area contributed by atoms with Crippen LogP contribution >= 0.6 is 11.3 Å². The Morgan fingerprint density at radius 2 is 1.84 bits per heavy atom. The fourth-order valence-corrected chi connectivity index (χ4v) is 6.71. The zero-order valence-corrected chi connectivity index (χ0v) is 17.8. The van der Waals surface area contributed by atoms with Gasteiger partial charge in [-0.3, -0.25) is 4.79 Å². The average Bonchev–Trinajstić information content (AvgIpc) is 3.05. The zero-order valence-electron chi connectivity index (χ0n) is 16.0. The molecule has 2 atom stereocenters. The fraction of sp³-hybridized carbons (Fsp3) is 0.667. The molecule has 2 rings (SSSR count). The molecule has 0 saturated carbocycles. The number of rotatable bonds is 6. The molecule has 0 spiro atoms. The van der Waals surface area contributed by atoms with Crippen molar-refractivity contribution in [2.24, 2.45) is 0 Å². The second-order valence-electron chi connectivity index (χ2n) is 7.43. The minimum Gasteiger partial charge on any atom is -0.443 e. The molecule has 7 heteroatoms. The molecule has 1 aromatic heterocycles. The van der Waals surface area contributed by atoms with E-state index >= 15 is 0 Å². The van der Waals surface area contributed by atoms with E-state index in [9.17, 15) is 9.59 Å². The first kappa shape index (κ1) is 20.1. The van der Waals surface area contributed by atoms with Gasteiger partial charge in [-0.15, -0.1) is 11.3 Å². The maximum Gasteiger partial charge on any atom is 0.417 e. The molecule has 1 aromatic rings. The van der Waals surface area contributed by atoms with E-state index < -0.39 is 26.1 Å². The van der Waals surface area contributed by atoms with Crippen LogP contribution in [-0.4, -0.2) is 36.9 Å². The van der Waals surface area contributed by atoms with Gasteiger partial charge >= 0.3 is 6.09 Å². The summed E-state index contributed by atoms with van der Waals surface area (Å²) in [6.07, 6.45) is -1.16. The lowest BCUT2D eigenvalue weighted by Crippen LogP contribution is -2.65. The van der Waals surface area contributed by atoms with Crippen LogP contribution in [0.3, 0.4) is 0 Å². The number of amides is 2. The minimum atomic E-state index is -1.95. The molecular weight excluding hydrogens is 354 g/mol. The Hall–Kier alpha value is -1.18. The molecule has 0 aromatic carbocycles. The molecule has 1 saturated heterocycles. The monoisotopic (exact) mass is 383 g/mol. The number of thiophene rings is 1. The molecule has 0 radical (unpaired) electrons. The van der Waals surface area contributed by atoms with Gasteiger partial charge in [-0.2, -0.15) is 0 Å². The van der Waals surface area contributed by atoms with Crippen molar-refractivity contribution in [2.75, 3.05) is 0 Å². The summed E-state index contributed by atoms with van der Waals surface area (Å²) in [5.74, 6) is -0.278. The predicted molar refractivity (Wildman–Crippen MR) is 102 cm³/mol. The van der Waals surface area contributed by atoms with Crippen LogP contribution in [0.15, 0.2) is 17.5 Å². The van der Waals surface area contributed by atoms with Gasteiger partial charge in [0.05, 0.1) is 0 Å². The van der Waals surface area contributed by atoms with Gasteiger partial charge in [0.2, 0.25) is 0 Å². The van der Waals surface area contributed by atoms with Gasteiger partial charge in [0.1, 0.15) is 11.6 Å². The summed E-state index contributed by atoms with van der Waals surface area (Å²) in [4.78, 5) is 27.5. The topological polar surface area (TPSA) is 55.8 Å². The summed E-state index contributed by atoms with van der Waals surface area (Å²) in [7, 11) is -1.95. The normalized spacial score (nSPS) is 21.2. The third-order valence-electron chi connectivity index (χ3n) is 4.78. The second kappa shape index (κ2) is 7.59. The molecule has 140 valence electrons. The second-order valence-corrected chi connectivity index (χ2v) is 13.1. The Kier molecular flexibility index (Phi) is 6.12. The van der Waals surface area contributed by atoms with Crippen LogP contribution in [0, 0.1) is 0 Å². The Balaban J connectivity index is 2.27. The molecule has 2 heterocycles. The van der Waals surface area contributed by atoms with Crippen molar-refractivity contribution in [1.82, 2.24) is 4.90 Å². The quantitative estimate of drug-likeness (QED) is 0.515. The summed E-state index contributed by atoms with van der Waals surface area (Å²) in [5, 5.41) is 1.95. The molecule has 1 fully saturated rings. The average molecular weight is 384 g/mol. The van der Waals surface area contributed by atoms with Gasteiger partial charge in [0, 0.05) is 4.88 Å². The maximum atomic E-state index is 12.7. The maximum absolute atomic E-state index is 12.7. The highest BCUT2D eigenvalue weighted by molar-refractivity contribution is 7.10. The number of hydrogen-bond acceptors (Lipinski definition) is 5. The summed E-state index contributed by atoms with van der Waals surface area (Å²) < 4.78 is 11.9. The molecule has 0 N–H and O–H groups in total. The smallest absolute Gasteiger partial charge is 0.417 e. The number of imide groups is 1. The molecule has 2 amide bonds. The lowest BCUT2D eigenvalue weighted by Gasteiger charge is -2.48. The van der Waals surface area contributed by atoms with Gasteiger partial charge in [-0.1, -0.05) is 26.8 Å². The van der Waals surface area contributed by atoms with E-state index in [-0.39, 0.29) is 11.9 Å². The van der Waals surface area contributed by atoms with E-state index in [4.69, 9.17) is 9.16 Å². The Labute approximate surface area is 155 Å². The van der Waals surface area contributed by atoms with Crippen LogP contribution in [0.2, 0.25) is 18.1 Å². The Bertz CT molecular complexity index is 599. The third-order valence-corrected chi connectivity index (χ3v) is 10.3. The number of carbonyl (C=O) groups is 2. The molecule has 5 nitrogen and oxygen atoms in total. The van der Waals surface area contributed by atoms with Crippen LogP contribution in [-0.2, 0) is 14.0 Å². The van der Waals surface area contributed by atoms with Crippen LogP contribution in [0.5, 0.6) is 0 Å². The molecule has 1 aliphatic rings. The van der Waals surface area contributed by atoms with Gasteiger partial charge in [0.15, 0.2) is 14.4 Å². The number of likely N-dealkylation sites (tertiary alicyclic amines) is 1. The molecule has 1 aliphatic heterocycles. The third kappa shape index (κ3) is 4.15. The molecule has 25 heavy (non-hydrogen) atoms. The van der Waals surface area contributed by atoms with Crippen LogP contribution in [0.25, 0.3) is 0 Å². The Morgan fingerprint density at radius 3 is 2.28 bits per heavy atom. The van der Waals surface area contributed by atoms with E-state index in [1.54, 1.807) is 20.8 Å². The van der Waals surface area contributed by atoms with Gasteiger partial charge < -0.3 is 9.16 Å². The van der Waals surface area contributed by atoms with Crippen molar-refractivity contribution < 1.29 is 18.8 Å². The van der Waals surface area contributed by atoms with Crippen LogP contribution in [0.4, 0.5) is 4.79 Å². The lowest BCUT2D eigenvalue weighted by molar-refractivity contribution is -0.162. The SMILES string of the molecule is CC[Si](CC)(CC)O[C@@H]1C(=O)N(C(=O)OC(C)(C)C)[C@@H]1c1cccs1. The van der Waals surface area contributed by atoms with E-state index in [2.05, 4.69) is 20.8 Å². The van der Waals surface area contributed by atoms with Crippen molar-refractivity contribution in [1.29, 1.82) is 0 Å². The molecular formula is C18H29NO4SSi. The highest BCUT2D eigenvalue weighted by Crippen LogP contribution is 2.42. The fourth-order valence-electron chi connectivity index (χ4n) is 3.10. The van der Waals surface area contributed by atoms with Crippen molar-refractivity contribution >= 4 is 31.7 Å². The van der Waals surface area contributed by atoms with Crippen LogP contribution in [0.1, 0.15) is 52.5 Å². The summed E-state index contributed by atoms with van der Waals surface area (Å²) in [6.45, 7) is 11.8. The summed E-state index contributed by atoms with van der Waals surface area (Å²) >= 11 is 1.53. The van der Waals surface area contributed by atoms with Gasteiger partial charge in [-0.05, 0) is 50.3 Å². The number of carbonyl (C=O) groups excluding carboxylic acids is 2. The van der Waals surface area contributed by atoms with Crippen molar-refractivity contribution in [3.8, 4) is 0 Å². The lowest BCUT2D eigenvalue weighted by atomic mass is 9.97. The number of β-lactam (4-membered cyclic amide) rings is 1. The summed E-state index contributed by atoms with van der Waals surface area (Å²) in [5.41, 5.74) is -0.641. The first-order valence-electron chi connectivity index (χ1n) is 8.95. The molecule has 0 bridgehead atoms. The van der Waals surface area contributed by atoms with Crippen LogP contribution < -0.4 is 0 Å². The number of ether oxygens (including phenoxy) is 1. The Morgan fingerprint density at radius 1 is 1.24 bits per heavy atom. The van der Waals surface area contributed by atoms with Crippen molar-refractivity contribution in [2.45, 2.75) is 77.4 Å². The van der Waals surface area contributed by atoms with Gasteiger partial charge in [0.25, 0.3) is 5.91 Å². The highest BCUT2D eigenvalue weighted by Gasteiger charge is 2.56. The minimum absolute atomic E-state index is 0.278.